The molecule has 0 bridgehead atoms. The Hall–Kier alpha value is -2.62. The van der Waals surface area contributed by atoms with Crippen LogP contribution >= 0.6 is 0 Å². The molecule has 0 saturated carbocycles. The number of amides is 1. The predicted molar refractivity (Wildman–Crippen MR) is 77.0 cm³/mol. The number of hydrogen-bond donors (Lipinski definition) is 0. The van der Waals surface area contributed by atoms with Crippen LogP contribution < -0.4 is 4.90 Å². The molecule has 0 N–H and O–H groups in total. The number of carbonyl (C=O) groups excluding carboxylic acids is 2. The summed E-state index contributed by atoms with van der Waals surface area (Å²) in [4.78, 5) is 25.3. The SMILES string of the molecule is COC(=O)c1ccccc1N(C(C)=O)c1ccccc1. The quantitative estimate of drug-likeness (QED) is 0.804. The first-order chi connectivity index (χ1) is 9.65. The number of methoxy groups -OCH3 is 1. The highest BCUT2D eigenvalue weighted by atomic mass is 16.5. The molecule has 0 atom stereocenters. The zero-order valence-electron chi connectivity index (χ0n) is 11.4. The van der Waals surface area contributed by atoms with Gasteiger partial charge in [0.1, 0.15) is 0 Å². The van der Waals surface area contributed by atoms with E-state index in [2.05, 4.69) is 0 Å². The molecule has 0 aliphatic heterocycles. The molecule has 2 aromatic rings. The van der Waals surface area contributed by atoms with Gasteiger partial charge < -0.3 is 4.74 Å². The summed E-state index contributed by atoms with van der Waals surface area (Å²) < 4.78 is 4.77. The summed E-state index contributed by atoms with van der Waals surface area (Å²) in [6.07, 6.45) is 0. The van der Waals surface area contributed by atoms with Crippen molar-refractivity contribution in [3.63, 3.8) is 0 Å². The van der Waals surface area contributed by atoms with Crippen LogP contribution in [0.15, 0.2) is 54.6 Å². The second-order valence-corrected chi connectivity index (χ2v) is 4.20. The Labute approximate surface area is 117 Å². The number of para-hydroxylation sites is 2. The van der Waals surface area contributed by atoms with Gasteiger partial charge in [-0.05, 0) is 24.3 Å². The van der Waals surface area contributed by atoms with Crippen LogP contribution in [0.25, 0.3) is 0 Å². The number of hydrogen-bond acceptors (Lipinski definition) is 3. The smallest absolute Gasteiger partial charge is 0.339 e. The molecule has 0 unspecified atom stereocenters. The molecule has 0 fully saturated rings. The van der Waals surface area contributed by atoms with E-state index >= 15 is 0 Å². The van der Waals surface area contributed by atoms with Crippen LogP contribution in [-0.2, 0) is 9.53 Å². The molecule has 0 aliphatic rings. The molecule has 4 nitrogen and oxygen atoms in total. The summed E-state index contributed by atoms with van der Waals surface area (Å²) in [5.41, 5.74) is 1.57. The summed E-state index contributed by atoms with van der Waals surface area (Å²) in [6.45, 7) is 1.46. The summed E-state index contributed by atoms with van der Waals surface area (Å²) in [5, 5.41) is 0. The number of anilines is 2. The Balaban J connectivity index is 2.57. The highest BCUT2D eigenvalue weighted by molar-refractivity contribution is 6.05. The van der Waals surface area contributed by atoms with Crippen molar-refractivity contribution < 1.29 is 14.3 Å². The standard InChI is InChI=1S/C16H15NO3/c1-12(18)17(13-8-4-3-5-9-13)15-11-7-6-10-14(15)16(19)20-2/h3-11H,1-2H3. The van der Waals surface area contributed by atoms with E-state index in [0.29, 0.717) is 16.9 Å². The maximum Gasteiger partial charge on any atom is 0.339 e. The first kappa shape index (κ1) is 13.8. The molecule has 102 valence electrons. The minimum Gasteiger partial charge on any atom is -0.465 e. The molecule has 0 saturated heterocycles. The fraction of sp³-hybridized carbons (Fsp3) is 0.125. The van der Waals surface area contributed by atoms with E-state index < -0.39 is 5.97 Å². The topological polar surface area (TPSA) is 46.6 Å². The van der Waals surface area contributed by atoms with Gasteiger partial charge in [0.2, 0.25) is 5.91 Å². The van der Waals surface area contributed by atoms with Gasteiger partial charge in [-0.25, -0.2) is 4.79 Å². The lowest BCUT2D eigenvalue weighted by Gasteiger charge is -2.23. The summed E-state index contributed by atoms with van der Waals surface area (Å²) in [5.74, 6) is -0.643. The van der Waals surface area contributed by atoms with E-state index in [-0.39, 0.29) is 5.91 Å². The van der Waals surface area contributed by atoms with Crippen LogP contribution in [0.5, 0.6) is 0 Å². The summed E-state index contributed by atoms with van der Waals surface area (Å²) in [6, 6.07) is 16.1. The third kappa shape index (κ3) is 2.69. The second kappa shape index (κ2) is 6.02. The van der Waals surface area contributed by atoms with Gasteiger partial charge >= 0.3 is 5.97 Å². The van der Waals surface area contributed by atoms with Gasteiger partial charge in [-0.2, -0.15) is 0 Å². The third-order valence-electron chi connectivity index (χ3n) is 2.88. The molecule has 2 aromatic carbocycles. The molecule has 0 spiro atoms. The number of esters is 1. The van der Waals surface area contributed by atoms with Crippen molar-refractivity contribution in [1.82, 2.24) is 0 Å². The van der Waals surface area contributed by atoms with Crippen LogP contribution in [0, 0.1) is 0 Å². The average Bonchev–Trinajstić information content (AvgIpc) is 2.48. The molecule has 4 heteroatoms. The minimum absolute atomic E-state index is 0.174. The van der Waals surface area contributed by atoms with E-state index in [9.17, 15) is 9.59 Å². The van der Waals surface area contributed by atoms with Crippen molar-refractivity contribution in [2.45, 2.75) is 6.92 Å². The van der Waals surface area contributed by atoms with Crippen molar-refractivity contribution in [2.75, 3.05) is 12.0 Å². The molecule has 2 rings (SSSR count). The van der Waals surface area contributed by atoms with Gasteiger partial charge in [0.15, 0.2) is 0 Å². The molecule has 0 heterocycles. The Morgan fingerprint density at radius 1 is 0.950 bits per heavy atom. The Kier molecular flexibility index (Phi) is 4.15. The average molecular weight is 269 g/mol. The van der Waals surface area contributed by atoms with Crippen molar-refractivity contribution >= 4 is 23.3 Å². The Morgan fingerprint density at radius 3 is 2.15 bits per heavy atom. The van der Waals surface area contributed by atoms with E-state index in [1.165, 1.54) is 18.9 Å². The minimum atomic E-state index is -0.470. The highest BCUT2D eigenvalue weighted by Gasteiger charge is 2.20. The van der Waals surface area contributed by atoms with Gasteiger partial charge in [0.25, 0.3) is 0 Å². The summed E-state index contributed by atoms with van der Waals surface area (Å²) >= 11 is 0. The second-order valence-electron chi connectivity index (χ2n) is 4.20. The first-order valence-electron chi connectivity index (χ1n) is 6.18. The fourth-order valence-electron chi connectivity index (χ4n) is 2.02. The Morgan fingerprint density at radius 2 is 1.55 bits per heavy atom. The number of benzene rings is 2. The number of rotatable bonds is 3. The van der Waals surface area contributed by atoms with E-state index in [0.717, 1.165) is 0 Å². The molecule has 20 heavy (non-hydrogen) atoms. The molecular formula is C16H15NO3. The van der Waals surface area contributed by atoms with Gasteiger partial charge in [0, 0.05) is 12.6 Å². The lowest BCUT2D eigenvalue weighted by Crippen LogP contribution is -2.25. The normalized spacial score (nSPS) is 9.90. The first-order valence-corrected chi connectivity index (χ1v) is 6.18. The zero-order chi connectivity index (χ0) is 14.5. The van der Waals surface area contributed by atoms with Crippen LogP contribution in [0.3, 0.4) is 0 Å². The fourth-order valence-corrected chi connectivity index (χ4v) is 2.02. The van der Waals surface area contributed by atoms with Crippen LogP contribution in [0.2, 0.25) is 0 Å². The van der Waals surface area contributed by atoms with Crippen molar-refractivity contribution in [3.05, 3.63) is 60.2 Å². The molecule has 1 amide bonds. The maximum atomic E-state index is 12.0. The maximum absolute atomic E-state index is 12.0. The van der Waals surface area contributed by atoms with Crippen LogP contribution in [0.1, 0.15) is 17.3 Å². The zero-order valence-corrected chi connectivity index (χ0v) is 11.4. The van der Waals surface area contributed by atoms with E-state index in [1.54, 1.807) is 24.3 Å². The largest absolute Gasteiger partial charge is 0.465 e. The van der Waals surface area contributed by atoms with Gasteiger partial charge in [-0.15, -0.1) is 0 Å². The number of ether oxygens (including phenoxy) is 1. The number of nitrogens with zero attached hydrogens (tertiary/aromatic N) is 1. The van der Waals surface area contributed by atoms with Gasteiger partial charge in [-0.1, -0.05) is 30.3 Å². The van der Waals surface area contributed by atoms with E-state index in [4.69, 9.17) is 4.74 Å². The lowest BCUT2D eigenvalue weighted by atomic mass is 10.1. The van der Waals surface area contributed by atoms with Gasteiger partial charge in [-0.3, -0.25) is 9.69 Å². The van der Waals surface area contributed by atoms with Crippen LogP contribution in [-0.4, -0.2) is 19.0 Å². The predicted octanol–water partition coefficient (Wildman–Crippen LogP) is 3.16. The molecular weight excluding hydrogens is 254 g/mol. The van der Waals surface area contributed by atoms with Crippen molar-refractivity contribution in [3.8, 4) is 0 Å². The van der Waals surface area contributed by atoms with Crippen molar-refractivity contribution in [1.29, 1.82) is 0 Å². The molecule has 0 aromatic heterocycles. The lowest BCUT2D eigenvalue weighted by molar-refractivity contribution is -0.115. The molecule has 0 aliphatic carbocycles. The van der Waals surface area contributed by atoms with Crippen LogP contribution in [0.4, 0.5) is 11.4 Å². The summed E-state index contributed by atoms with van der Waals surface area (Å²) in [7, 11) is 1.32. The molecule has 0 radical (unpaired) electrons. The Bertz CT molecular complexity index is 623. The van der Waals surface area contributed by atoms with E-state index in [1.807, 2.05) is 30.3 Å². The highest BCUT2D eigenvalue weighted by Crippen LogP contribution is 2.29. The monoisotopic (exact) mass is 269 g/mol. The number of carbonyl (C=O) groups is 2. The third-order valence-corrected chi connectivity index (χ3v) is 2.88. The van der Waals surface area contributed by atoms with Gasteiger partial charge in [0.05, 0.1) is 18.4 Å². The van der Waals surface area contributed by atoms with Crippen molar-refractivity contribution in [2.24, 2.45) is 0 Å².